The molecule has 0 unspecified atom stereocenters. The molecule has 7 heteroatoms. The number of carbonyl (C=O) groups is 2. The predicted molar refractivity (Wildman–Crippen MR) is 90.8 cm³/mol. The smallest absolute Gasteiger partial charge is 0.266 e. The lowest BCUT2D eigenvalue weighted by Gasteiger charge is -2.15. The lowest BCUT2D eigenvalue weighted by Crippen LogP contribution is -2.46. The van der Waals surface area contributed by atoms with Gasteiger partial charge in [-0.05, 0) is 29.3 Å². The van der Waals surface area contributed by atoms with Gasteiger partial charge in [0.25, 0.3) is 5.91 Å². The van der Waals surface area contributed by atoms with Crippen LogP contribution in [-0.2, 0) is 16.0 Å². The Bertz CT molecular complexity index is 774. The molecule has 1 atom stereocenters. The Morgan fingerprint density at radius 2 is 1.76 bits per heavy atom. The summed E-state index contributed by atoms with van der Waals surface area (Å²) in [7, 11) is 0. The molecule has 0 bridgehead atoms. The number of hydrogen-bond donors (Lipinski definition) is 5. The van der Waals surface area contributed by atoms with Crippen LogP contribution in [0.4, 0.5) is 0 Å². The van der Waals surface area contributed by atoms with Crippen LogP contribution in [0.1, 0.15) is 11.1 Å². The molecule has 0 aliphatic carbocycles. The van der Waals surface area contributed by atoms with Crippen molar-refractivity contribution in [1.82, 2.24) is 10.8 Å². The molecule has 0 aliphatic rings. The first kappa shape index (κ1) is 18.0. The maximum atomic E-state index is 12.0. The predicted octanol–water partition coefficient (Wildman–Crippen LogP) is 1.34. The lowest BCUT2D eigenvalue weighted by atomic mass is 10.1. The second kappa shape index (κ2) is 8.51. The van der Waals surface area contributed by atoms with Crippen molar-refractivity contribution in [2.75, 3.05) is 0 Å². The molecule has 0 radical (unpaired) electrons. The van der Waals surface area contributed by atoms with Crippen molar-refractivity contribution in [3.63, 3.8) is 0 Å². The van der Waals surface area contributed by atoms with Gasteiger partial charge in [0, 0.05) is 12.5 Å². The third kappa shape index (κ3) is 5.36. The molecule has 0 heterocycles. The monoisotopic (exact) mass is 342 g/mol. The van der Waals surface area contributed by atoms with Crippen LogP contribution >= 0.6 is 0 Å². The fourth-order valence-electron chi connectivity index (χ4n) is 2.17. The normalized spacial score (nSPS) is 11.9. The molecule has 130 valence electrons. The van der Waals surface area contributed by atoms with Crippen LogP contribution in [-0.4, -0.2) is 33.3 Å². The fourth-order valence-corrected chi connectivity index (χ4v) is 2.17. The summed E-state index contributed by atoms with van der Waals surface area (Å²) in [6.07, 6.45) is 2.83. The highest BCUT2D eigenvalue weighted by molar-refractivity contribution is 5.95. The minimum Gasteiger partial charge on any atom is -0.504 e. The molecule has 0 saturated heterocycles. The number of phenols is 2. The molecule has 0 aromatic heterocycles. The zero-order valence-electron chi connectivity index (χ0n) is 13.2. The highest BCUT2D eigenvalue weighted by atomic mass is 16.5. The van der Waals surface area contributed by atoms with Crippen LogP contribution in [0.25, 0.3) is 6.08 Å². The van der Waals surface area contributed by atoms with E-state index in [0.29, 0.717) is 5.56 Å². The number of rotatable bonds is 6. The maximum Gasteiger partial charge on any atom is 0.266 e. The third-order valence-corrected chi connectivity index (χ3v) is 3.45. The summed E-state index contributed by atoms with van der Waals surface area (Å²) in [5, 5.41) is 30.0. The van der Waals surface area contributed by atoms with E-state index in [1.807, 2.05) is 18.2 Å². The summed E-state index contributed by atoms with van der Waals surface area (Å²) < 4.78 is 0. The van der Waals surface area contributed by atoms with E-state index in [1.54, 1.807) is 12.1 Å². The van der Waals surface area contributed by atoms with E-state index in [1.165, 1.54) is 35.8 Å². The van der Waals surface area contributed by atoms with Gasteiger partial charge < -0.3 is 15.5 Å². The first-order valence-corrected chi connectivity index (χ1v) is 7.48. The Balaban J connectivity index is 2.04. The molecule has 2 aromatic rings. The number of carbonyl (C=O) groups excluding carboxylic acids is 2. The van der Waals surface area contributed by atoms with Gasteiger partial charge in [0.1, 0.15) is 6.04 Å². The van der Waals surface area contributed by atoms with E-state index < -0.39 is 17.9 Å². The Kier molecular flexibility index (Phi) is 6.14. The average molecular weight is 342 g/mol. The van der Waals surface area contributed by atoms with Crippen LogP contribution in [0.5, 0.6) is 11.5 Å². The van der Waals surface area contributed by atoms with E-state index in [4.69, 9.17) is 5.21 Å². The number of hydrogen-bond acceptors (Lipinski definition) is 5. The van der Waals surface area contributed by atoms with E-state index in [-0.39, 0.29) is 17.9 Å². The Morgan fingerprint density at radius 1 is 1.04 bits per heavy atom. The highest BCUT2D eigenvalue weighted by Gasteiger charge is 2.19. The van der Waals surface area contributed by atoms with Crippen molar-refractivity contribution < 1.29 is 25.0 Å². The van der Waals surface area contributed by atoms with Gasteiger partial charge in [0.2, 0.25) is 5.91 Å². The minimum atomic E-state index is -0.947. The molecule has 2 amide bonds. The van der Waals surface area contributed by atoms with Crippen molar-refractivity contribution in [3.8, 4) is 11.5 Å². The van der Waals surface area contributed by atoms with Gasteiger partial charge in [0.15, 0.2) is 11.5 Å². The largest absolute Gasteiger partial charge is 0.504 e. The molecule has 5 N–H and O–H groups in total. The van der Waals surface area contributed by atoms with Gasteiger partial charge >= 0.3 is 0 Å². The van der Waals surface area contributed by atoms with E-state index in [9.17, 15) is 19.8 Å². The first-order valence-electron chi connectivity index (χ1n) is 7.48. The summed E-state index contributed by atoms with van der Waals surface area (Å²) in [5.41, 5.74) is 2.86. The molecule has 0 saturated carbocycles. The van der Waals surface area contributed by atoms with Crippen LogP contribution in [0.15, 0.2) is 54.6 Å². The van der Waals surface area contributed by atoms with Gasteiger partial charge in [-0.2, -0.15) is 0 Å². The second-order valence-electron chi connectivity index (χ2n) is 5.31. The quantitative estimate of drug-likeness (QED) is 0.235. The number of benzene rings is 2. The van der Waals surface area contributed by atoms with E-state index in [0.717, 1.165) is 5.56 Å². The molecular formula is C18H18N2O5. The van der Waals surface area contributed by atoms with Crippen molar-refractivity contribution in [3.05, 3.63) is 65.7 Å². The fraction of sp³-hybridized carbons (Fsp3) is 0.111. The Morgan fingerprint density at radius 3 is 2.40 bits per heavy atom. The average Bonchev–Trinajstić information content (AvgIpc) is 2.62. The van der Waals surface area contributed by atoms with Gasteiger partial charge in [-0.25, -0.2) is 5.48 Å². The lowest BCUT2D eigenvalue weighted by molar-refractivity contribution is -0.133. The second-order valence-corrected chi connectivity index (χ2v) is 5.31. The summed E-state index contributed by atoms with van der Waals surface area (Å²) in [6, 6.07) is 12.2. The molecule has 0 fully saturated rings. The Labute approximate surface area is 144 Å². The summed E-state index contributed by atoms with van der Waals surface area (Å²) in [4.78, 5) is 23.8. The Hall–Kier alpha value is -3.32. The van der Waals surface area contributed by atoms with Crippen LogP contribution in [0.3, 0.4) is 0 Å². The number of phenolic OH excluding ortho intramolecular Hbond substituents is 2. The van der Waals surface area contributed by atoms with Crippen molar-refractivity contribution in [2.24, 2.45) is 0 Å². The molecule has 7 nitrogen and oxygen atoms in total. The van der Waals surface area contributed by atoms with Crippen LogP contribution < -0.4 is 10.8 Å². The summed E-state index contributed by atoms with van der Waals surface area (Å²) in [5.74, 6) is -1.83. The molecular weight excluding hydrogens is 324 g/mol. The molecule has 2 rings (SSSR count). The number of aromatic hydroxyl groups is 2. The molecule has 0 aliphatic heterocycles. The van der Waals surface area contributed by atoms with Gasteiger partial charge in [0.05, 0.1) is 0 Å². The first-order chi connectivity index (χ1) is 12.0. The van der Waals surface area contributed by atoms with E-state index >= 15 is 0 Å². The molecule has 2 aromatic carbocycles. The topological polar surface area (TPSA) is 119 Å². The highest BCUT2D eigenvalue weighted by Crippen LogP contribution is 2.25. The maximum absolute atomic E-state index is 12.0. The summed E-state index contributed by atoms with van der Waals surface area (Å²) in [6.45, 7) is 0. The van der Waals surface area contributed by atoms with Crippen LogP contribution in [0.2, 0.25) is 0 Å². The zero-order chi connectivity index (χ0) is 18.2. The van der Waals surface area contributed by atoms with Crippen LogP contribution in [0, 0.1) is 0 Å². The van der Waals surface area contributed by atoms with Crippen molar-refractivity contribution in [2.45, 2.75) is 12.5 Å². The van der Waals surface area contributed by atoms with E-state index in [2.05, 4.69) is 5.32 Å². The number of amides is 2. The number of hydroxylamine groups is 1. The summed E-state index contributed by atoms with van der Waals surface area (Å²) >= 11 is 0. The minimum absolute atomic E-state index is 0.215. The zero-order valence-corrected chi connectivity index (χ0v) is 13.2. The molecule has 0 spiro atoms. The SMILES string of the molecule is O=C(/C=C/c1ccc(O)c(O)c1)N[C@@H](Cc1ccccc1)C(=O)NO. The third-order valence-electron chi connectivity index (χ3n) is 3.45. The number of nitrogens with one attached hydrogen (secondary N) is 2. The van der Waals surface area contributed by atoms with Crippen molar-refractivity contribution in [1.29, 1.82) is 0 Å². The molecule has 25 heavy (non-hydrogen) atoms. The van der Waals surface area contributed by atoms with Crippen molar-refractivity contribution >= 4 is 17.9 Å². The van der Waals surface area contributed by atoms with Gasteiger partial charge in [-0.3, -0.25) is 14.8 Å². The standard InChI is InChI=1S/C18H18N2O5/c21-15-8-6-13(11-16(15)22)7-9-17(23)19-14(18(24)20-25)10-12-4-2-1-3-5-12/h1-9,11,14,21-22,25H,10H2,(H,19,23)(H,20,24)/b9-7+/t14-/m0/s1. The van der Waals surface area contributed by atoms with Gasteiger partial charge in [-0.15, -0.1) is 0 Å². The van der Waals surface area contributed by atoms with Gasteiger partial charge in [-0.1, -0.05) is 36.4 Å².